The van der Waals surface area contributed by atoms with Crippen LogP contribution in [0.3, 0.4) is 0 Å². The number of ether oxygens (including phenoxy) is 2. The van der Waals surface area contributed by atoms with E-state index in [0.29, 0.717) is 23.0 Å². The lowest BCUT2D eigenvalue weighted by atomic mass is 10.1. The lowest BCUT2D eigenvalue weighted by Crippen LogP contribution is -2.41. The van der Waals surface area contributed by atoms with Crippen molar-refractivity contribution < 1.29 is 14.3 Å². The highest BCUT2D eigenvalue weighted by molar-refractivity contribution is 5.81. The van der Waals surface area contributed by atoms with E-state index in [0.717, 1.165) is 11.3 Å². The molecule has 0 saturated heterocycles. The maximum atomic E-state index is 12.7. The van der Waals surface area contributed by atoms with Crippen molar-refractivity contribution in [1.29, 1.82) is 5.26 Å². The number of carbonyl (C=O) groups excluding carboxylic acids is 1. The van der Waals surface area contributed by atoms with E-state index in [1.165, 1.54) is 0 Å². The molecule has 0 spiro atoms. The number of H-pyrrole nitrogens is 1. The number of methoxy groups -OCH3 is 1. The van der Waals surface area contributed by atoms with E-state index in [2.05, 4.69) is 26.6 Å². The van der Waals surface area contributed by atoms with E-state index in [1.54, 1.807) is 31.4 Å². The first kappa shape index (κ1) is 20.9. The molecule has 1 heterocycles. The van der Waals surface area contributed by atoms with Crippen molar-refractivity contribution in [2.24, 2.45) is 5.92 Å². The van der Waals surface area contributed by atoms with Crippen molar-refractivity contribution in [3.05, 3.63) is 59.9 Å². The van der Waals surface area contributed by atoms with Gasteiger partial charge in [0.25, 0.3) is 5.91 Å². The standard InChI is InChI=1S/C22H23N5O3/c1-14(2)20(30-18-7-5-4-6-16(18)12-23)22(28)24-13-19-25-21(27-26-19)15-8-10-17(29-3)11-9-15/h4-11,14,20H,13H2,1-3H3,(H,24,28)(H,25,26,27). The summed E-state index contributed by atoms with van der Waals surface area (Å²) in [6.07, 6.45) is -0.747. The van der Waals surface area contributed by atoms with Crippen LogP contribution in [0.25, 0.3) is 11.4 Å². The zero-order valence-corrected chi connectivity index (χ0v) is 17.0. The van der Waals surface area contributed by atoms with Gasteiger partial charge in [0.2, 0.25) is 0 Å². The second kappa shape index (κ2) is 9.56. The van der Waals surface area contributed by atoms with Gasteiger partial charge in [-0.1, -0.05) is 26.0 Å². The number of amides is 1. The molecule has 1 atom stereocenters. The molecule has 0 saturated carbocycles. The van der Waals surface area contributed by atoms with Gasteiger partial charge in [-0.3, -0.25) is 9.89 Å². The maximum Gasteiger partial charge on any atom is 0.261 e. The monoisotopic (exact) mass is 405 g/mol. The molecule has 154 valence electrons. The number of nitrogens with zero attached hydrogens (tertiary/aromatic N) is 3. The maximum absolute atomic E-state index is 12.7. The molecular weight excluding hydrogens is 382 g/mol. The normalized spacial score (nSPS) is 11.6. The molecule has 3 aromatic rings. The van der Waals surface area contributed by atoms with Crippen molar-refractivity contribution in [2.45, 2.75) is 26.5 Å². The molecule has 1 aromatic heterocycles. The predicted octanol–water partition coefficient (Wildman–Crippen LogP) is 3.07. The van der Waals surface area contributed by atoms with Crippen LogP contribution in [0.1, 0.15) is 25.2 Å². The minimum atomic E-state index is -0.747. The number of nitriles is 1. The number of benzene rings is 2. The van der Waals surface area contributed by atoms with E-state index in [1.807, 2.05) is 38.1 Å². The quantitative estimate of drug-likeness (QED) is 0.595. The molecule has 0 aliphatic rings. The van der Waals surface area contributed by atoms with Crippen LogP contribution < -0.4 is 14.8 Å². The molecule has 2 aromatic carbocycles. The summed E-state index contributed by atoms with van der Waals surface area (Å²) in [6, 6.07) is 16.3. The van der Waals surface area contributed by atoms with Gasteiger partial charge in [0.15, 0.2) is 11.9 Å². The van der Waals surface area contributed by atoms with Gasteiger partial charge >= 0.3 is 0 Å². The number of rotatable bonds is 8. The van der Waals surface area contributed by atoms with E-state index < -0.39 is 6.10 Å². The highest BCUT2D eigenvalue weighted by Gasteiger charge is 2.25. The first-order valence-electron chi connectivity index (χ1n) is 9.51. The smallest absolute Gasteiger partial charge is 0.261 e. The number of aromatic amines is 1. The number of para-hydroxylation sites is 1. The van der Waals surface area contributed by atoms with Gasteiger partial charge in [-0.05, 0) is 42.3 Å². The third-order valence-electron chi connectivity index (χ3n) is 4.44. The summed E-state index contributed by atoms with van der Waals surface area (Å²) in [7, 11) is 1.61. The number of aromatic nitrogens is 3. The van der Waals surface area contributed by atoms with Crippen molar-refractivity contribution in [2.75, 3.05) is 7.11 Å². The van der Waals surface area contributed by atoms with Crippen LogP contribution in [-0.2, 0) is 11.3 Å². The van der Waals surface area contributed by atoms with E-state index in [4.69, 9.17) is 9.47 Å². The van der Waals surface area contributed by atoms with Gasteiger partial charge in [-0.2, -0.15) is 10.4 Å². The van der Waals surface area contributed by atoms with Crippen LogP contribution in [0.5, 0.6) is 11.5 Å². The molecule has 0 bridgehead atoms. The molecule has 30 heavy (non-hydrogen) atoms. The molecular formula is C22H23N5O3. The lowest BCUT2D eigenvalue weighted by Gasteiger charge is -2.22. The Morgan fingerprint density at radius 1 is 1.20 bits per heavy atom. The highest BCUT2D eigenvalue weighted by Crippen LogP contribution is 2.21. The van der Waals surface area contributed by atoms with Crippen LogP contribution in [0.4, 0.5) is 0 Å². The van der Waals surface area contributed by atoms with Gasteiger partial charge in [-0.25, -0.2) is 4.98 Å². The summed E-state index contributed by atoms with van der Waals surface area (Å²) in [5, 5.41) is 19.1. The first-order chi connectivity index (χ1) is 14.5. The minimum Gasteiger partial charge on any atom is -0.497 e. The Kier molecular flexibility index (Phi) is 6.65. The number of carbonyl (C=O) groups is 1. The van der Waals surface area contributed by atoms with Crippen LogP contribution >= 0.6 is 0 Å². The molecule has 1 unspecified atom stereocenters. The van der Waals surface area contributed by atoms with Crippen LogP contribution in [0, 0.1) is 17.2 Å². The second-order valence-electron chi connectivity index (χ2n) is 6.94. The number of hydrogen-bond acceptors (Lipinski definition) is 6. The molecule has 0 aliphatic heterocycles. The Hall–Kier alpha value is -3.86. The second-order valence-corrected chi connectivity index (χ2v) is 6.94. The summed E-state index contributed by atoms with van der Waals surface area (Å²) in [6.45, 7) is 3.94. The fourth-order valence-electron chi connectivity index (χ4n) is 2.81. The summed E-state index contributed by atoms with van der Waals surface area (Å²) in [5.74, 6) is 1.80. The zero-order valence-electron chi connectivity index (χ0n) is 17.0. The van der Waals surface area contributed by atoms with Crippen LogP contribution in [-0.4, -0.2) is 34.3 Å². The highest BCUT2D eigenvalue weighted by atomic mass is 16.5. The van der Waals surface area contributed by atoms with Gasteiger partial charge < -0.3 is 14.8 Å². The lowest BCUT2D eigenvalue weighted by molar-refractivity contribution is -0.130. The molecule has 8 heteroatoms. The SMILES string of the molecule is COc1ccc(-c2n[nH]c(CNC(=O)C(Oc3ccccc3C#N)C(C)C)n2)cc1. The van der Waals surface area contributed by atoms with Gasteiger partial charge in [-0.15, -0.1) is 0 Å². The first-order valence-corrected chi connectivity index (χ1v) is 9.51. The number of hydrogen-bond donors (Lipinski definition) is 2. The van der Waals surface area contributed by atoms with Crippen molar-refractivity contribution in [3.63, 3.8) is 0 Å². The zero-order chi connectivity index (χ0) is 21.5. The molecule has 1 amide bonds. The van der Waals surface area contributed by atoms with Crippen LogP contribution in [0.15, 0.2) is 48.5 Å². The topological polar surface area (TPSA) is 113 Å². The molecule has 8 nitrogen and oxygen atoms in total. The minimum absolute atomic E-state index is 0.0960. The molecule has 0 radical (unpaired) electrons. The largest absolute Gasteiger partial charge is 0.497 e. The Morgan fingerprint density at radius 3 is 2.60 bits per heavy atom. The van der Waals surface area contributed by atoms with Gasteiger partial charge in [0, 0.05) is 5.56 Å². The van der Waals surface area contributed by atoms with E-state index >= 15 is 0 Å². The van der Waals surface area contributed by atoms with Gasteiger partial charge in [0.1, 0.15) is 23.4 Å². The van der Waals surface area contributed by atoms with Crippen molar-refractivity contribution in [1.82, 2.24) is 20.5 Å². The van der Waals surface area contributed by atoms with E-state index in [9.17, 15) is 10.1 Å². The predicted molar refractivity (Wildman–Crippen MR) is 111 cm³/mol. The molecule has 0 aliphatic carbocycles. The average molecular weight is 405 g/mol. The fraction of sp³-hybridized carbons (Fsp3) is 0.273. The molecule has 0 fully saturated rings. The summed E-state index contributed by atoms with van der Waals surface area (Å²) >= 11 is 0. The third kappa shape index (κ3) is 4.94. The Labute approximate surface area is 174 Å². The Morgan fingerprint density at radius 2 is 1.93 bits per heavy atom. The number of nitrogens with one attached hydrogen (secondary N) is 2. The Balaban J connectivity index is 1.64. The molecule has 3 rings (SSSR count). The van der Waals surface area contributed by atoms with Crippen molar-refractivity contribution >= 4 is 5.91 Å². The summed E-state index contributed by atoms with van der Waals surface area (Å²) in [4.78, 5) is 17.1. The van der Waals surface area contributed by atoms with Crippen LogP contribution in [0.2, 0.25) is 0 Å². The average Bonchev–Trinajstić information content (AvgIpc) is 3.25. The summed E-state index contributed by atoms with van der Waals surface area (Å²) in [5.41, 5.74) is 1.22. The third-order valence-corrected chi connectivity index (χ3v) is 4.44. The Bertz CT molecular complexity index is 1040. The molecule has 2 N–H and O–H groups in total. The summed E-state index contributed by atoms with van der Waals surface area (Å²) < 4.78 is 11.0. The van der Waals surface area contributed by atoms with E-state index in [-0.39, 0.29) is 18.4 Å². The fourth-order valence-corrected chi connectivity index (χ4v) is 2.81. The van der Waals surface area contributed by atoms with Gasteiger partial charge in [0.05, 0.1) is 19.2 Å². The van der Waals surface area contributed by atoms with Crippen molar-refractivity contribution in [3.8, 4) is 29.0 Å².